The number of piperazine rings is 1. The first-order chi connectivity index (χ1) is 8.49. The van der Waals surface area contributed by atoms with E-state index in [1.165, 1.54) is 11.3 Å². The zero-order valence-electron chi connectivity index (χ0n) is 9.90. The number of carbonyl (C=O) groups is 1. The van der Waals surface area contributed by atoms with Gasteiger partial charge in [0.2, 0.25) is 0 Å². The fourth-order valence-corrected chi connectivity index (χ4v) is 3.90. The number of aliphatic carboxylic acids is 1. The number of nitrogens with zero attached hydrogens (tertiary/aromatic N) is 2. The normalized spacial score (nSPS) is 19.9. The Labute approximate surface area is 123 Å². The first-order valence-corrected chi connectivity index (χ1v) is 7.58. The summed E-state index contributed by atoms with van der Waals surface area (Å²) in [4.78, 5) is 16.5. The lowest BCUT2D eigenvalue weighted by Crippen LogP contribution is -2.47. The predicted molar refractivity (Wildman–Crippen MR) is 76.5 cm³/mol. The van der Waals surface area contributed by atoms with Crippen molar-refractivity contribution in [2.24, 2.45) is 0 Å². The van der Waals surface area contributed by atoms with Crippen LogP contribution in [0, 0.1) is 0 Å². The molecule has 0 saturated carbocycles. The molecule has 1 unspecified atom stereocenters. The molecule has 1 fully saturated rings. The molecule has 100 valence electrons. The van der Waals surface area contributed by atoms with E-state index in [0.717, 1.165) is 35.5 Å². The summed E-state index contributed by atoms with van der Waals surface area (Å²) in [5, 5.41) is 9.44. The van der Waals surface area contributed by atoms with Crippen LogP contribution in [0.25, 0.3) is 0 Å². The number of carboxylic acid groups (broad SMARTS) is 1. The maximum absolute atomic E-state index is 11.5. The summed E-state index contributed by atoms with van der Waals surface area (Å²) in [6.07, 6.45) is 0. The van der Waals surface area contributed by atoms with Crippen LogP contribution in [0.5, 0.6) is 0 Å². The maximum Gasteiger partial charge on any atom is 0.326 e. The minimum atomic E-state index is -0.815. The molecular weight excluding hydrogens is 340 g/mol. The molecular formula is C11H14BrClN2O2S. The Morgan fingerprint density at radius 3 is 2.56 bits per heavy atom. The molecule has 2 rings (SSSR count). The number of thiophene rings is 1. The number of hydrogen-bond donors (Lipinski definition) is 1. The van der Waals surface area contributed by atoms with E-state index in [2.05, 4.69) is 20.8 Å². The molecule has 1 aliphatic rings. The van der Waals surface area contributed by atoms with Gasteiger partial charge in [-0.15, -0.1) is 11.3 Å². The third-order valence-corrected chi connectivity index (χ3v) is 5.60. The van der Waals surface area contributed by atoms with Crippen LogP contribution < -0.4 is 0 Å². The van der Waals surface area contributed by atoms with E-state index in [1.54, 1.807) is 0 Å². The molecule has 1 saturated heterocycles. The molecule has 1 aromatic heterocycles. The molecule has 0 amide bonds. The molecule has 1 aromatic rings. The maximum atomic E-state index is 11.5. The molecule has 2 heterocycles. The fourth-order valence-electron chi connectivity index (χ4n) is 2.04. The van der Waals surface area contributed by atoms with Crippen molar-refractivity contribution in [3.05, 3.63) is 19.8 Å². The van der Waals surface area contributed by atoms with Crippen molar-refractivity contribution >= 4 is 44.8 Å². The summed E-state index contributed by atoms with van der Waals surface area (Å²) in [7, 11) is 2.05. The van der Waals surface area contributed by atoms with E-state index in [1.807, 2.05) is 18.0 Å². The highest BCUT2D eigenvalue weighted by Crippen LogP contribution is 2.37. The van der Waals surface area contributed by atoms with E-state index in [9.17, 15) is 9.90 Å². The topological polar surface area (TPSA) is 43.8 Å². The standard InChI is InChI=1S/C11H14BrClN2O2S/c1-14-2-4-15(5-3-14)9(11(16)17)8-6-7(12)10(13)18-8/h6,9H,2-5H2,1H3,(H,16,17). The number of hydrogen-bond acceptors (Lipinski definition) is 4. The van der Waals surface area contributed by atoms with Gasteiger partial charge in [0, 0.05) is 35.5 Å². The first-order valence-electron chi connectivity index (χ1n) is 5.59. The Bertz CT molecular complexity index is 427. The van der Waals surface area contributed by atoms with Gasteiger partial charge < -0.3 is 10.0 Å². The second-order valence-corrected chi connectivity index (χ2v) is 6.89. The second-order valence-electron chi connectivity index (χ2n) is 4.35. The third kappa shape index (κ3) is 3.05. The molecule has 0 bridgehead atoms. The Balaban J connectivity index is 2.20. The summed E-state index contributed by atoms with van der Waals surface area (Å²) in [5.41, 5.74) is 0. The largest absolute Gasteiger partial charge is 0.480 e. The lowest BCUT2D eigenvalue weighted by Gasteiger charge is -2.35. The van der Waals surface area contributed by atoms with Gasteiger partial charge in [0.1, 0.15) is 10.4 Å². The zero-order chi connectivity index (χ0) is 13.3. The van der Waals surface area contributed by atoms with Gasteiger partial charge >= 0.3 is 5.97 Å². The molecule has 0 aliphatic carbocycles. The average Bonchev–Trinajstić information content (AvgIpc) is 2.61. The SMILES string of the molecule is CN1CCN(C(C(=O)O)c2cc(Br)c(Cl)s2)CC1. The Morgan fingerprint density at radius 1 is 1.50 bits per heavy atom. The minimum absolute atomic E-state index is 0.590. The van der Waals surface area contributed by atoms with Gasteiger partial charge in [0.05, 0.1) is 0 Å². The van der Waals surface area contributed by atoms with Crippen LogP contribution in [0.1, 0.15) is 10.9 Å². The van der Waals surface area contributed by atoms with Crippen molar-refractivity contribution in [1.29, 1.82) is 0 Å². The van der Waals surface area contributed by atoms with Gasteiger partial charge in [0.25, 0.3) is 0 Å². The summed E-state index contributed by atoms with van der Waals surface area (Å²) in [6.45, 7) is 3.31. The van der Waals surface area contributed by atoms with Gasteiger partial charge in [-0.05, 0) is 29.0 Å². The molecule has 0 aromatic carbocycles. The lowest BCUT2D eigenvalue weighted by molar-refractivity contribution is -0.144. The predicted octanol–water partition coefficient (Wildman–Crippen LogP) is 2.54. The van der Waals surface area contributed by atoms with E-state index in [4.69, 9.17) is 11.6 Å². The molecule has 7 heteroatoms. The highest BCUT2D eigenvalue weighted by atomic mass is 79.9. The number of carboxylic acids is 1. The zero-order valence-corrected chi connectivity index (χ0v) is 13.1. The second kappa shape index (κ2) is 5.88. The van der Waals surface area contributed by atoms with Crippen molar-refractivity contribution in [2.75, 3.05) is 33.2 Å². The van der Waals surface area contributed by atoms with Gasteiger partial charge in [-0.2, -0.15) is 0 Å². The Hall–Kier alpha value is -0.140. The van der Waals surface area contributed by atoms with E-state index >= 15 is 0 Å². The summed E-state index contributed by atoms with van der Waals surface area (Å²) >= 11 is 10.6. The van der Waals surface area contributed by atoms with Gasteiger partial charge in [0.15, 0.2) is 0 Å². The van der Waals surface area contributed by atoms with Crippen molar-refractivity contribution < 1.29 is 9.90 Å². The average molecular weight is 354 g/mol. The molecule has 1 aliphatic heterocycles. The number of likely N-dealkylation sites (N-methyl/N-ethyl adjacent to an activating group) is 1. The Morgan fingerprint density at radius 2 is 2.11 bits per heavy atom. The number of rotatable bonds is 3. The van der Waals surface area contributed by atoms with Crippen molar-refractivity contribution in [3.63, 3.8) is 0 Å². The quantitative estimate of drug-likeness (QED) is 0.907. The highest BCUT2D eigenvalue weighted by molar-refractivity contribution is 9.10. The molecule has 1 atom stereocenters. The van der Waals surface area contributed by atoms with Crippen LogP contribution in [-0.2, 0) is 4.79 Å². The van der Waals surface area contributed by atoms with Crippen LogP contribution in [0.4, 0.5) is 0 Å². The summed E-state index contributed by atoms with van der Waals surface area (Å²) in [5.74, 6) is -0.815. The van der Waals surface area contributed by atoms with Gasteiger partial charge in [-0.3, -0.25) is 9.69 Å². The lowest BCUT2D eigenvalue weighted by atomic mass is 10.2. The van der Waals surface area contributed by atoms with Crippen molar-refractivity contribution in [3.8, 4) is 0 Å². The summed E-state index contributed by atoms with van der Waals surface area (Å²) < 4.78 is 1.37. The minimum Gasteiger partial charge on any atom is -0.480 e. The van der Waals surface area contributed by atoms with E-state index in [0.29, 0.717) is 4.34 Å². The van der Waals surface area contributed by atoms with E-state index < -0.39 is 12.0 Å². The van der Waals surface area contributed by atoms with Crippen LogP contribution >= 0.6 is 38.9 Å². The summed E-state index contributed by atoms with van der Waals surface area (Å²) in [6, 6.07) is 1.22. The van der Waals surface area contributed by atoms with Gasteiger partial charge in [-0.1, -0.05) is 11.6 Å². The fraction of sp³-hybridized carbons (Fsp3) is 0.545. The third-order valence-electron chi connectivity index (χ3n) is 3.07. The first kappa shape index (κ1) is 14.3. The molecule has 4 nitrogen and oxygen atoms in total. The van der Waals surface area contributed by atoms with Crippen LogP contribution in [0.3, 0.4) is 0 Å². The molecule has 0 spiro atoms. The molecule has 1 N–H and O–H groups in total. The molecule has 0 radical (unpaired) electrons. The monoisotopic (exact) mass is 352 g/mol. The van der Waals surface area contributed by atoms with Crippen LogP contribution in [-0.4, -0.2) is 54.1 Å². The van der Waals surface area contributed by atoms with Gasteiger partial charge in [-0.25, -0.2) is 0 Å². The Kier molecular flexibility index (Phi) is 4.66. The van der Waals surface area contributed by atoms with Crippen LogP contribution in [0.2, 0.25) is 4.34 Å². The highest BCUT2D eigenvalue weighted by Gasteiger charge is 2.31. The smallest absolute Gasteiger partial charge is 0.326 e. The van der Waals surface area contributed by atoms with E-state index in [-0.39, 0.29) is 0 Å². The molecule has 18 heavy (non-hydrogen) atoms. The van der Waals surface area contributed by atoms with Crippen LogP contribution in [0.15, 0.2) is 10.5 Å². The van der Waals surface area contributed by atoms with Crippen molar-refractivity contribution in [1.82, 2.24) is 9.80 Å². The number of halogens is 2. The van der Waals surface area contributed by atoms with Crippen molar-refractivity contribution in [2.45, 2.75) is 6.04 Å².